The SMILES string of the molecule is O=C(Nc1ccncc1)c1cccc(SN2CCc3ccccc32)c1. The van der Waals surface area contributed by atoms with E-state index in [9.17, 15) is 4.79 Å². The molecule has 0 aliphatic carbocycles. The number of carbonyl (C=O) groups excluding carboxylic acids is 1. The number of hydrogen-bond donors (Lipinski definition) is 1. The summed E-state index contributed by atoms with van der Waals surface area (Å²) in [7, 11) is 0. The van der Waals surface area contributed by atoms with Crippen LogP contribution in [0.2, 0.25) is 0 Å². The molecule has 124 valence electrons. The van der Waals surface area contributed by atoms with E-state index in [2.05, 4.69) is 38.9 Å². The molecule has 0 fully saturated rings. The van der Waals surface area contributed by atoms with Gasteiger partial charge in [0.15, 0.2) is 0 Å². The van der Waals surface area contributed by atoms with Gasteiger partial charge in [-0.15, -0.1) is 0 Å². The van der Waals surface area contributed by atoms with Crippen molar-refractivity contribution in [2.75, 3.05) is 16.2 Å². The zero-order valence-corrected chi connectivity index (χ0v) is 14.4. The molecule has 3 aromatic rings. The third kappa shape index (κ3) is 3.51. The van der Waals surface area contributed by atoms with E-state index >= 15 is 0 Å². The molecule has 4 rings (SSSR count). The summed E-state index contributed by atoms with van der Waals surface area (Å²) in [6.45, 7) is 0.984. The number of carbonyl (C=O) groups is 1. The molecule has 25 heavy (non-hydrogen) atoms. The molecule has 1 aliphatic heterocycles. The van der Waals surface area contributed by atoms with Crippen molar-refractivity contribution in [3.63, 3.8) is 0 Å². The van der Waals surface area contributed by atoms with Crippen molar-refractivity contribution < 1.29 is 4.79 Å². The van der Waals surface area contributed by atoms with Crippen molar-refractivity contribution in [3.05, 3.63) is 84.2 Å². The number of hydrogen-bond acceptors (Lipinski definition) is 4. The smallest absolute Gasteiger partial charge is 0.255 e. The summed E-state index contributed by atoms with van der Waals surface area (Å²) in [4.78, 5) is 17.5. The Morgan fingerprint density at radius 2 is 1.88 bits per heavy atom. The van der Waals surface area contributed by atoms with E-state index in [0.29, 0.717) is 5.56 Å². The van der Waals surface area contributed by atoms with Gasteiger partial charge >= 0.3 is 0 Å². The molecule has 2 aromatic carbocycles. The third-order valence-corrected chi connectivity index (χ3v) is 5.16. The molecule has 1 amide bonds. The molecule has 2 heterocycles. The fourth-order valence-corrected chi connectivity index (χ4v) is 3.90. The number of anilines is 2. The zero-order valence-electron chi connectivity index (χ0n) is 13.6. The van der Waals surface area contributed by atoms with Gasteiger partial charge in [-0.3, -0.25) is 9.78 Å². The lowest BCUT2D eigenvalue weighted by Crippen LogP contribution is -2.13. The van der Waals surface area contributed by atoms with Gasteiger partial charge in [0, 0.05) is 35.1 Å². The number of fused-ring (bicyclic) bond motifs is 1. The van der Waals surface area contributed by atoms with Crippen LogP contribution < -0.4 is 9.62 Å². The lowest BCUT2D eigenvalue weighted by molar-refractivity contribution is 0.102. The van der Waals surface area contributed by atoms with Crippen molar-refractivity contribution in [1.29, 1.82) is 0 Å². The van der Waals surface area contributed by atoms with Gasteiger partial charge in [0.25, 0.3) is 5.91 Å². The monoisotopic (exact) mass is 347 g/mol. The molecule has 1 aliphatic rings. The summed E-state index contributed by atoms with van der Waals surface area (Å²) in [5, 5.41) is 2.89. The molecule has 0 atom stereocenters. The van der Waals surface area contributed by atoms with Gasteiger partial charge < -0.3 is 9.62 Å². The van der Waals surface area contributed by atoms with Gasteiger partial charge in [0.1, 0.15) is 0 Å². The van der Waals surface area contributed by atoms with Crippen molar-refractivity contribution in [3.8, 4) is 0 Å². The first-order valence-corrected chi connectivity index (χ1v) is 8.92. The predicted molar refractivity (Wildman–Crippen MR) is 102 cm³/mol. The maximum Gasteiger partial charge on any atom is 0.255 e. The molecule has 0 spiro atoms. The van der Waals surface area contributed by atoms with Gasteiger partial charge in [-0.1, -0.05) is 24.3 Å². The Kier molecular flexibility index (Phi) is 4.39. The Morgan fingerprint density at radius 1 is 1.04 bits per heavy atom. The first-order valence-electron chi connectivity index (χ1n) is 8.14. The molecule has 0 radical (unpaired) electrons. The standard InChI is InChI=1S/C20H17N3OS/c24-20(22-17-8-11-21-12-9-17)16-5-3-6-18(14-16)25-23-13-10-15-4-1-2-7-19(15)23/h1-9,11-12,14H,10,13H2,(H,21,22,24). The Bertz CT molecular complexity index is 898. The maximum absolute atomic E-state index is 12.4. The van der Waals surface area contributed by atoms with E-state index in [1.54, 1.807) is 36.5 Å². The van der Waals surface area contributed by atoms with Crippen LogP contribution in [0.3, 0.4) is 0 Å². The first-order chi connectivity index (χ1) is 12.3. The van der Waals surface area contributed by atoms with E-state index in [1.807, 2.05) is 24.3 Å². The molecule has 0 saturated heterocycles. The highest BCUT2D eigenvalue weighted by Gasteiger charge is 2.19. The average Bonchev–Trinajstić information content (AvgIpc) is 3.06. The van der Waals surface area contributed by atoms with Gasteiger partial charge in [-0.05, 0) is 60.3 Å². The largest absolute Gasteiger partial charge is 0.322 e. The Morgan fingerprint density at radius 3 is 2.76 bits per heavy atom. The van der Waals surface area contributed by atoms with Crippen molar-refractivity contribution in [2.24, 2.45) is 0 Å². The topological polar surface area (TPSA) is 45.2 Å². The van der Waals surface area contributed by atoms with Crippen molar-refractivity contribution in [1.82, 2.24) is 4.98 Å². The second kappa shape index (κ2) is 6.99. The number of pyridine rings is 1. The van der Waals surface area contributed by atoms with Crippen LogP contribution in [0.5, 0.6) is 0 Å². The molecular formula is C20H17N3OS. The predicted octanol–water partition coefficient (Wildman–Crippen LogP) is 4.40. The highest BCUT2D eigenvalue weighted by Crippen LogP contribution is 2.36. The minimum Gasteiger partial charge on any atom is -0.322 e. The quantitative estimate of drug-likeness (QED) is 0.710. The van der Waals surface area contributed by atoms with E-state index in [-0.39, 0.29) is 5.91 Å². The van der Waals surface area contributed by atoms with E-state index in [4.69, 9.17) is 0 Å². The van der Waals surface area contributed by atoms with Crippen LogP contribution in [0.4, 0.5) is 11.4 Å². The fourth-order valence-electron chi connectivity index (χ4n) is 2.86. The van der Waals surface area contributed by atoms with Crippen LogP contribution in [0.25, 0.3) is 0 Å². The number of benzene rings is 2. The van der Waals surface area contributed by atoms with E-state index in [1.165, 1.54) is 11.3 Å². The van der Waals surface area contributed by atoms with Crippen LogP contribution >= 0.6 is 11.9 Å². The molecule has 1 N–H and O–H groups in total. The van der Waals surface area contributed by atoms with E-state index < -0.39 is 0 Å². The van der Waals surface area contributed by atoms with Gasteiger partial charge in [0.2, 0.25) is 0 Å². The van der Waals surface area contributed by atoms with Gasteiger partial charge in [-0.25, -0.2) is 0 Å². The fraction of sp³-hybridized carbons (Fsp3) is 0.100. The Labute approximate surface area is 151 Å². The lowest BCUT2D eigenvalue weighted by atomic mass is 10.2. The molecular weight excluding hydrogens is 330 g/mol. The normalized spacial score (nSPS) is 12.7. The number of aromatic nitrogens is 1. The third-order valence-electron chi connectivity index (χ3n) is 4.09. The van der Waals surface area contributed by atoms with Crippen LogP contribution in [0, 0.1) is 0 Å². The summed E-state index contributed by atoms with van der Waals surface area (Å²) in [5.74, 6) is -0.115. The van der Waals surface area contributed by atoms with Crippen LogP contribution in [-0.4, -0.2) is 17.4 Å². The molecule has 1 aromatic heterocycles. The molecule has 0 saturated carbocycles. The van der Waals surface area contributed by atoms with Gasteiger partial charge in [-0.2, -0.15) is 0 Å². The van der Waals surface area contributed by atoms with Crippen molar-refractivity contribution >= 4 is 29.2 Å². The number of para-hydroxylation sites is 1. The summed E-state index contributed by atoms with van der Waals surface area (Å²) in [6, 6.07) is 19.7. The van der Waals surface area contributed by atoms with Crippen LogP contribution in [0.1, 0.15) is 15.9 Å². The Balaban J connectivity index is 1.49. The van der Waals surface area contributed by atoms with Crippen LogP contribution in [-0.2, 0) is 6.42 Å². The van der Waals surface area contributed by atoms with Crippen LogP contribution in [0.15, 0.2) is 78.0 Å². The summed E-state index contributed by atoms with van der Waals surface area (Å²) < 4.78 is 2.29. The molecule has 0 bridgehead atoms. The van der Waals surface area contributed by atoms with Gasteiger partial charge in [0.05, 0.1) is 5.69 Å². The first kappa shape index (κ1) is 15.7. The van der Waals surface area contributed by atoms with E-state index in [0.717, 1.165) is 23.5 Å². The average molecular weight is 347 g/mol. The number of amides is 1. The summed E-state index contributed by atoms with van der Waals surface area (Å²) in [5.41, 5.74) is 4.03. The second-order valence-corrected chi connectivity index (χ2v) is 6.88. The summed E-state index contributed by atoms with van der Waals surface area (Å²) in [6.07, 6.45) is 4.38. The number of nitrogens with one attached hydrogen (secondary N) is 1. The highest BCUT2D eigenvalue weighted by atomic mass is 32.2. The maximum atomic E-state index is 12.4. The molecule has 5 heteroatoms. The molecule has 0 unspecified atom stereocenters. The Hall–Kier alpha value is -2.79. The minimum absolute atomic E-state index is 0.115. The number of rotatable bonds is 4. The molecule has 4 nitrogen and oxygen atoms in total. The second-order valence-electron chi connectivity index (χ2n) is 5.79. The minimum atomic E-state index is -0.115. The zero-order chi connectivity index (χ0) is 17.1. The summed E-state index contributed by atoms with van der Waals surface area (Å²) >= 11 is 1.68. The lowest BCUT2D eigenvalue weighted by Gasteiger charge is -2.18. The van der Waals surface area contributed by atoms with Crippen molar-refractivity contribution in [2.45, 2.75) is 11.3 Å². The number of nitrogens with zero attached hydrogens (tertiary/aromatic N) is 2. The highest BCUT2D eigenvalue weighted by molar-refractivity contribution is 8.00.